The molecule has 29 heteroatoms. The molecule has 1 aliphatic rings. The molecule has 2 amide bonds. The second-order valence-electron chi connectivity index (χ2n) is 13.8. The molecule has 0 radical (unpaired) electrons. The summed E-state index contributed by atoms with van der Waals surface area (Å²) >= 11 is 1.01. The number of aromatic nitrogens is 4. The molecule has 60 heavy (non-hydrogen) atoms. The van der Waals surface area contributed by atoms with Gasteiger partial charge in [-0.3, -0.25) is 28.1 Å². The Labute approximate surface area is 348 Å². The number of nitrogen functional groups attached to an aromatic ring is 1. The highest BCUT2D eigenvalue weighted by atomic mass is 32.2. The zero-order chi connectivity index (χ0) is 45.6. The fourth-order valence-corrected chi connectivity index (χ4v) is 8.18. The molecule has 1 aliphatic heterocycles. The number of carbonyl (C=O) groups is 3. The van der Waals surface area contributed by atoms with E-state index in [1.165, 1.54) is 19.9 Å². The summed E-state index contributed by atoms with van der Waals surface area (Å²) in [5.74, 6) is -1.24. The van der Waals surface area contributed by atoms with Gasteiger partial charge in [0.15, 0.2) is 17.7 Å². The highest BCUT2D eigenvalue weighted by Crippen LogP contribution is 2.56. The van der Waals surface area contributed by atoms with Crippen molar-refractivity contribution in [2.45, 2.75) is 78.6 Å². The Morgan fingerprint density at radius 2 is 1.68 bits per heavy atom. The second-order valence-corrected chi connectivity index (χ2v) is 19.0. The number of nitrogens with two attached hydrogens (primary N) is 1. The minimum atomic E-state index is -5.91. The van der Waals surface area contributed by atoms with Gasteiger partial charge in [0, 0.05) is 30.7 Å². The van der Waals surface area contributed by atoms with Crippen molar-refractivity contribution in [2.24, 2.45) is 5.41 Å². The van der Waals surface area contributed by atoms with Gasteiger partial charge in [-0.1, -0.05) is 42.8 Å². The molecule has 2 aromatic heterocycles. The molecular formula is C31H48N7O18P3S-4. The van der Waals surface area contributed by atoms with Crippen molar-refractivity contribution in [3.63, 3.8) is 0 Å². The standard InChI is InChI=1S/C26H42N7O17P3S.C5H10O/c1-14(2)9-17(35)54-8-7-28-16(34)5-6-29-24(38)21(37)26(3,4)11-47-53(44,45)50-52(42,43)46-10-15-20(49-51(39,40)41)19(36)25(48-15)33-13-32-18-22(27)30-12-31-23(18)33;1-5(2)3-4-6/h9,12-13,15,19-21,25,36-37H,5-8,10-11H2,1-4H3,(H,28,34)(H,29,38)(H,42,43)(H,44,45)(H2,27,30,31)(H2,39,40,41);3,6H,4H2,1-2H3/p-4. The number of hydrogen-bond donors (Lipinski definition) is 6. The first-order valence-electron chi connectivity index (χ1n) is 17.6. The van der Waals surface area contributed by atoms with E-state index >= 15 is 0 Å². The summed E-state index contributed by atoms with van der Waals surface area (Å²) in [4.78, 5) is 95.4. The Hall–Kier alpha value is -3.00. The Balaban J connectivity index is 0.00000192. The van der Waals surface area contributed by atoms with E-state index in [2.05, 4.69) is 43.5 Å². The molecule has 0 saturated carbocycles. The molecule has 3 heterocycles. The summed E-state index contributed by atoms with van der Waals surface area (Å²) in [6.07, 6.45) is -4.36. The van der Waals surface area contributed by atoms with Crippen LogP contribution in [0.15, 0.2) is 36.0 Å². The van der Waals surface area contributed by atoms with Gasteiger partial charge in [0.05, 0.1) is 34.0 Å². The van der Waals surface area contributed by atoms with Gasteiger partial charge in [0.25, 0.3) is 15.6 Å². The largest absolute Gasteiger partial charge is 0.790 e. The van der Waals surface area contributed by atoms with Crippen LogP contribution in [0.25, 0.3) is 11.2 Å². The number of thioether (sulfide) groups is 1. The van der Waals surface area contributed by atoms with Gasteiger partial charge in [-0.25, -0.2) is 19.3 Å². The van der Waals surface area contributed by atoms with Crippen molar-refractivity contribution < 1.29 is 85.6 Å². The van der Waals surface area contributed by atoms with Gasteiger partial charge in [0.1, 0.15) is 36.3 Å². The maximum absolute atomic E-state index is 12.5. The number of rotatable bonds is 21. The molecule has 7 N–H and O–H groups in total. The SMILES string of the molecule is CC(C)=CC(=O)SCCNC(=O)CCNC(=O)C(O)C(C)(C)COP(=O)([O-])OP(=O)([O-])OCC1OC(n2cnc3c(N)ncnc32)C(O)C1OP(=O)([O-])[O-].CC(C)=CCO. The van der Waals surface area contributed by atoms with Crippen LogP contribution in [-0.2, 0) is 50.7 Å². The highest BCUT2D eigenvalue weighted by molar-refractivity contribution is 8.14. The monoisotopic (exact) mass is 931 g/mol. The maximum atomic E-state index is 12.5. The Bertz CT molecular complexity index is 1990. The number of nitrogens with zero attached hydrogens (tertiary/aromatic N) is 4. The third-order valence-electron chi connectivity index (χ3n) is 7.63. The van der Waals surface area contributed by atoms with Crippen LogP contribution in [0.4, 0.5) is 5.82 Å². The molecule has 0 bridgehead atoms. The molecule has 0 aromatic carbocycles. The van der Waals surface area contributed by atoms with E-state index in [1.807, 2.05) is 13.8 Å². The van der Waals surface area contributed by atoms with Gasteiger partial charge in [0.2, 0.25) is 16.9 Å². The van der Waals surface area contributed by atoms with E-state index in [0.29, 0.717) is 5.75 Å². The first-order valence-corrected chi connectivity index (χ1v) is 22.9. The van der Waals surface area contributed by atoms with Crippen LogP contribution in [0.2, 0.25) is 0 Å². The number of hydrogen-bond acceptors (Lipinski definition) is 23. The Kier molecular flexibility index (Phi) is 20.8. The number of carbonyl (C=O) groups excluding carboxylic acids is 3. The first kappa shape index (κ1) is 53.1. The molecule has 7 atom stereocenters. The number of amides is 2. The number of aliphatic hydroxyl groups is 3. The van der Waals surface area contributed by atoms with Crippen molar-refractivity contribution in [1.82, 2.24) is 30.2 Å². The van der Waals surface area contributed by atoms with Crippen LogP contribution in [0.1, 0.15) is 54.2 Å². The lowest BCUT2D eigenvalue weighted by Gasteiger charge is -2.36. The molecule has 340 valence electrons. The summed E-state index contributed by atoms with van der Waals surface area (Å²) < 4.78 is 60.4. The van der Waals surface area contributed by atoms with Crippen LogP contribution < -0.4 is 35.9 Å². The zero-order valence-electron chi connectivity index (χ0n) is 33.2. The molecule has 0 spiro atoms. The zero-order valence-corrected chi connectivity index (χ0v) is 36.7. The third-order valence-corrected chi connectivity index (χ3v) is 11.5. The second kappa shape index (κ2) is 23.4. The van der Waals surface area contributed by atoms with E-state index in [4.69, 9.17) is 15.6 Å². The van der Waals surface area contributed by atoms with Crippen LogP contribution in [-0.4, -0.2) is 115 Å². The first-order chi connectivity index (χ1) is 27.7. The normalized spacial score (nSPS) is 20.5. The molecule has 0 aliphatic carbocycles. The van der Waals surface area contributed by atoms with Crippen molar-refractivity contribution in [1.29, 1.82) is 0 Å². The van der Waals surface area contributed by atoms with Gasteiger partial charge in [-0.15, -0.1) is 0 Å². The smallest absolute Gasteiger partial charge is 0.274 e. The van der Waals surface area contributed by atoms with Gasteiger partial charge >= 0.3 is 0 Å². The van der Waals surface area contributed by atoms with Gasteiger partial charge < -0.3 is 74.1 Å². The molecule has 25 nitrogen and oxygen atoms in total. The number of phosphoric ester groups is 3. The van der Waals surface area contributed by atoms with E-state index in [0.717, 1.165) is 40.1 Å². The molecule has 3 rings (SSSR count). The topological polar surface area (TPSA) is 395 Å². The van der Waals surface area contributed by atoms with E-state index in [-0.39, 0.29) is 48.2 Å². The highest BCUT2D eigenvalue weighted by Gasteiger charge is 2.47. The van der Waals surface area contributed by atoms with Gasteiger partial charge in [-0.2, -0.15) is 0 Å². The number of fused-ring (bicyclic) bond motifs is 1. The van der Waals surface area contributed by atoms with Gasteiger partial charge in [-0.05, 0) is 33.8 Å². The number of nitrogens with one attached hydrogen (secondary N) is 2. The van der Waals surface area contributed by atoms with Crippen molar-refractivity contribution in [3.8, 4) is 0 Å². The molecule has 7 unspecified atom stereocenters. The molecular weight excluding hydrogens is 883 g/mol. The lowest BCUT2D eigenvalue weighted by atomic mass is 9.87. The number of aliphatic hydroxyl groups excluding tert-OH is 3. The lowest BCUT2D eigenvalue weighted by molar-refractivity contribution is -0.347. The maximum Gasteiger partial charge on any atom is 0.274 e. The minimum absolute atomic E-state index is 0.0218. The lowest BCUT2D eigenvalue weighted by Crippen LogP contribution is -2.46. The average molecular weight is 932 g/mol. The summed E-state index contributed by atoms with van der Waals surface area (Å²) in [6.45, 7) is 7.70. The molecule has 1 fully saturated rings. The van der Waals surface area contributed by atoms with Crippen LogP contribution in [0.5, 0.6) is 0 Å². The van der Waals surface area contributed by atoms with E-state index in [1.54, 1.807) is 19.9 Å². The Morgan fingerprint density at radius 3 is 2.27 bits per heavy atom. The summed E-state index contributed by atoms with van der Waals surface area (Å²) in [6, 6.07) is 0. The molecule has 2 aromatic rings. The minimum Gasteiger partial charge on any atom is -0.790 e. The van der Waals surface area contributed by atoms with Crippen molar-refractivity contribution >= 4 is 69.1 Å². The van der Waals surface area contributed by atoms with Crippen molar-refractivity contribution in [2.75, 3.05) is 44.4 Å². The van der Waals surface area contributed by atoms with Crippen molar-refractivity contribution in [3.05, 3.63) is 36.0 Å². The summed E-state index contributed by atoms with van der Waals surface area (Å²) in [5.41, 5.74) is 6.06. The van der Waals surface area contributed by atoms with E-state index < -0.39 is 84.6 Å². The molecule has 1 saturated heterocycles. The summed E-state index contributed by atoms with van der Waals surface area (Å²) in [5, 5.41) is 34.1. The number of phosphoric acid groups is 3. The van der Waals surface area contributed by atoms with Crippen LogP contribution >= 0.6 is 35.2 Å². The van der Waals surface area contributed by atoms with E-state index in [9.17, 15) is 57.9 Å². The van der Waals surface area contributed by atoms with Crippen LogP contribution in [0, 0.1) is 5.41 Å². The third kappa shape index (κ3) is 18.2. The fourth-order valence-electron chi connectivity index (χ4n) is 4.72. The summed E-state index contributed by atoms with van der Waals surface area (Å²) in [7, 11) is -17.6. The fraction of sp³-hybridized carbons (Fsp3) is 0.613. The van der Waals surface area contributed by atoms with Crippen LogP contribution in [0.3, 0.4) is 0 Å². The quantitative estimate of drug-likeness (QED) is 0.0343. The number of ether oxygens (including phenoxy) is 1. The Morgan fingerprint density at radius 1 is 1.03 bits per heavy atom. The predicted molar refractivity (Wildman–Crippen MR) is 204 cm³/mol. The number of anilines is 1. The number of imidazole rings is 1. The average Bonchev–Trinajstić information content (AvgIpc) is 3.68. The number of allylic oxidation sites excluding steroid dienone is 2. The predicted octanol–water partition coefficient (Wildman–Crippen LogP) is -1.95.